The fraction of sp³-hybridized carbons (Fsp3) is 0.750. The lowest BCUT2D eigenvalue weighted by atomic mass is 10.3. The Morgan fingerprint density at radius 3 is 2.28 bits per heavy atom. The normalized spacial score (nSPS) is 18.2. The number of likely N-dealkylation sites (N-methyl/N-ethyl adjacent to an activating group) is 2. The number of nitrogens with one attached hydrogen (secondary N) is 1. The van der Waals surface area contributed by atoms with Crippen molar-refractivity contribution in [3.63, 3.8) is 0 Å². The molecule has 1 N–H and O–H groups in total. The second kappa shape index (κ2) is 8.17. The minimum absolute atomic E-state index is 0.0253. The highest BCUT2D eigenvalue weighted by Gasteiger charge is 2.36. The average molecular weight is 352 g/mol. The molecule has 0 radical (unpaired) electrons. The van der Waals surface area contributed by atoms with Crippen LogP contribution in [-0.2, 0) is 14.4 Å². The zero-order valence-corrected chi connectivity index (χ0v) is 15.5. The molecule has 0 bridgehead atoms. The minimum Gasteiger partial charge on any atom is -0.347 e. The molecule has 0 aromatic rings. The van der Waals surface area contributed by atoms with Gasteiger partial charge in [0.05, 0.1) is 13.1 Å². The molecular formula is C16H28N6O3. The fourth-order valence-corrected chi connectivity index (χ4v) is 2.50. The Labute approximate surface area is 148 Å². The van der Waals surface area contributed by atoms with Gasteiger partial charge in [-0.3, -0.25) is 14.4 Å². The van der Waals surface area contributed by atoms with Gasteiger partial charge in [0.1, 0.15) is 6.54 Å². The first kappa shape index (κ1) is 19.0. The zero-order valence-electron chi connectivity index (χ0n) is 15.5. The molecule has 25 heavy (non-hydrogen) atoms. The van der Waals surface area contributed by atoms with Crippen LogP contribution >= 0.6 is 0 Å². The molecule has 0 unspecified atom stereocenters. The highest BCUT2D eigenvalue weighted by molar-refractivity contribution is 5.91. The van der Waals surface area contributed by atoms with Gasteiger partial charge < -0.3 is 24.9 Å². The van der Waals surface area contributed by atoms with Gasteiger partial charge in [-0.1, -0.05) is 0 Å². The van der Waals surface area contributed by atoms with E-state index in [1.165, 1.54) is 9.80 Å². The minimum atomic E-state index is -0.138. The summed E-state index contributed by atoms with van der Waals surface area (Å²) in [4.78, 5) is 47.0. The standard InChI is InChI=1S/C16H28N6O3/c1-19(2)13(23)9-17-16(18-10-14(24)20(3)4)21-7-8-22(12-5-6-12)15(25)11-21/h12H,5-11H2,1-4H3,(H,17,18). The fourth-order valence-electron chi connectivity index (χ4n) is 2.50. The van der Waals surface area contributed by atoms with Crippen LogP contribution < -0.4 is 5.32 Å². The molecule has 0 atom stereocenters. The highest BCUT2D eigenvalue weighted by Crippen LogP contribution is 2.27. The summed E-state index contributed by atoms with van der Waals surface area (Å²) in [6, 6.07) is 0.397. The Kier molecular flexibility index (Phi) is 6.22. The number of guanidine groups is 1. The van der Waals surface area contributed by atoms with Gasteiger partial charge in [-0.05, 0) is 12.8 Å². The van der Waals surface area contributed by atoms with Crippen molar-refractivity contribution < 1.29 is 14.4 Å². The Hall–Kier alpha value is -2.32. The van der Waals surface area contributed by atoms with Gasteiger partial charge in [-0.25, -0.2) is 4.99 Å². The SMILES string of the molecule is CN(C)C(=O)CN=C(NCC(=O)N(C)C)N1CCN(C2CC2)C(=O)C1. The summed E-state index contributed by atoms with van der Waals surface area (Å²) < 4.78 is 0. The van der Waals surface area contributed by atoms with E-state index < -0.39 is 0 Å². The van der Waals surface area contributed by atoms with Crippen LogP contribution in [0.1, 0.15) is 12.8 Å². The van der Waals surface area contributed by atoms with Gasteiger partial charge in [0.25, 0.3) is 0 Å². The third kappa shape index (κ3) is 5.33. The quantitative estimate of drug-likeness (QED) is 0.476. The number of hydrogen-bond acceptors (Lipinski definition) is 4. The van der Waals surface area contributed by atoms with Crippen LogP contribution in [0, 0.1) is 0 Å². The van der Waals surface area contributed by atoms with E-state index in [1.807, 2.05) is 9.80 Å². The second-order valence-corrected chi connectivity index (χ2v) is 6.81. The van der Waals surface area contributed by atoms with Crippen LogP contribution in [0.3, 0.4) is 0 Å². The molecule has 2 fully saturated rings. The van der Waals surface area contributed by atoms with E-state index in [0.29, 0.717) is 25.1 Å². The molecule has 1 aliphatic heterocycles. The molecule has 2 rings (SSSR count). The molecule has 1 saturated carbocycles. The summed E-state index contributed by atoms with van der Waals surface area (Å²) in [5.41, 5.74) is 0. The molecule has 140 valence electrons. The van der Waals surface area contributed by atoms with Crippen LogP contribution in [0.15, 0.2) is 4.99 Å². The lowest BCUT2D eigenvalue weighted by molar-refractivity contribution is -0.135. The Balaban J connectivity index is 2.02. The third-order valence-corrected chi connectivity index (χ3v) is 4.30. The van der Waals surface area contributed by atoms with Crippen molar-refractivity contribution in [2.24, 2.45) is 4.99 Å². The first-order valence-electron chi connectivity index (χ1n) is 8.52. The zero-order chi connectivity index (χ0) is 18.6. The number of aliphatic imine (C=N–C) groups is 1. The van der Waals surface area contributed by atoms with Crippen molar-refractivity contribution in [2.75, 3.05) is 60.9 Å². The van der Waals surface area contributed by atoms with Gasteiger partial charge in [0.2, 0.25) is 17.7 Å². The predicted molar refractivity (Wildman–Crippen MR) is 94.0 cm³/mol. The third-order valence-electron chi connectivity index (χ3n) is 4.30. The molecule has 0 aromatic heterocycles. The highest BCUT2D eigenvalue weighted by atomic mass is 16.2. The van der Waals surface area contributed by atoms with Crippen LogP contribution in [-0.4, -0.2) is 110 Å². The monoisotopic (exact) mass is 352 g/mol. The lowest BCUT2D eigenvalue weighted by Gasteiger charge is -2.36. The van der Waals surface area contributed by atoms with Crippen molar-refractivity contribution in [1.82, 2.24) is 24.9 Å². The summed E-state index contributed by atoms with van der Waals surface area (Å²) in [6.45, 7) is 1.55. The molecule has 1 saturated heterocycles. The van der Waals surface area contributed by atoms with E-state index in [2.05, 4.69) is 10.3 Å². The summed E-state index contributed by atoms with van der Waals surface area (Å²) in [5, 5.41) is 2.99. The number of rotatable bonds is 5. The Bertz CT molecular complexity index is 556. The molecule has 0 aromatic carbocycles. The van der Waals surface area contributed by atoms with Crippen LogP contribution in [0.4, 0.5) is 0 Å². The van der Waals surface area contributed by atoms with Crippen LogP contribution in [0.2, 0.25) is 0 Å². The van der Waals surface area contributed by atoms with Crippen molar-refractivity contribution in [3.05, 3.63) is 0 Å². The summed E-state index contributed by atoms with van der Waals surface area (Å²) in [6.07, 6.45) is 2.17. The van der Waals surface area contributed by atoms with Gasteiger partial charge in [0, 0.05) is 47.3 Å². The van der Waals surface area contributed by atoms with Crippen molar-refractivity contribution >= 4 is 23.7 Å². The van der Waals surface area contributed by atoms with Crippen LogP contribution in [0.5, 0.6) is 0 Å². The van der Waals surface area contributed by atoms with E-state index in [4.69, 9.17) is 0 Å². The molecule has 0 spiro atoms. The van der Waals surface area contributed by atoms with Gasteiger partial charge in [-0.2, -0.15) is 0 Å². The van der Waals surface area contributed by atoms with Gasteiger partial charge >= 0.3 is 0 Å². The molecular weight excluding hydrogens is 324 g/mol. The van der Waals surface area contributed by atoms with E-state index >= 15 is 0 Å². The van der Waals surface area contributed by atoms with Crippen molar-refractivity contribution in [2.45, 2.75) is 18.9 Å². The van der Waals surface area contributed by atoms with Gasteiger partial charge in [0.15, 0.2) is 5.96 Å². The average Bonchev–Trinajstić information content (AvgIpc) is 3.38. The summed E-state index contributed by atoms with van der Waals surface area (Å²) in [7, 11) is 6.68. The van der Waals surface area contributed by atoms with Crippen molar-refractivity contribution in [3.8, 4) is 0 Å². The molecule has 9 heteroatoms. The molecule has 2 aliphatic rings. The Morgan fingerprint density at radius 1 is 1.12 bits per heavy atom. The maximum absolute atomic E-state index is 12.3. The topological polar surface area (TPSA) is 88.6 Å². The smallest absolute Gasteiger partial charge is 0.243 e. The second-order valence-electron chi connectivity index (χ2n) is 6.81. The molecule has 9 nitrogen and oxygen atoms in total. The lowest BCUT2D eigenvalue weighted by Crippen LogP contribution is -2.56. The predicted octanol–water partition coefficient (Wildman–Crippen LogP) is -1.58. The maximum atomic E-state index is 12.3. The van der Waals surface area contributed by atoms with Gasteiger partial charge in [-0.15, -0.1) is 0 Å². The van der Waals surface area contributed by atoms with E-state index in [-0.39, 0.29) is 37.4 Å². The molecule has 1 aliphatic carbocycles. The number of piperazine rings is 1. The largest absolute Gasteiger partial charge is 0.347 e. The number of carbonyl (C=O) groups excluding carboxylic acids is 3. The van der Waals surface area contributed by atoms with E-state index in [1.54, 1.807) is 28.2 Å². The molecule has 1 heterocycles. The van der Waals surface area contributed by atoms with E-state index in [0.717, 1.165) is 12.8 Å². The van der Waals surface area contributed by atoms with E-state index in [9.17, 15) is 14.4 Å². The number of nitrogens with zero attached hydrogens (tertiary/aromatic N) is 5. The first-order valence-corrected chi connectivity index (χ1v) is 8.52. The maximum Gasteiger partial charge on any atom is 0.243 e. The first-order chi connectivity index (χ1) is 11.8. The number of hydrogen-bond donors (Lipinski definition) is 1. The summed E-state index contributed by atoms with van der Waals surface area (Å²) >= 11 is 0. The number of carbonyl (C=O) groups is 3. The van der Waals surface area contributed by atoms with Crippen LogP contribution in [0.25, 0.3) is 0 Å². The van der Waals surface area contributed by atoms with Crippen molar-refractivity contribution in [1.29, 1.82) is 0 Å². The Morgan fingerprint density at radius 2 is 1.76 bits per heavy atom. The number of amides is 3. The summed E-state index contributed by atoms with van der Waals surface area (Å²) in [5.74, 6) is 0.256. The molecule has 3 amide bonds.